The fraction of sp³-hybridized carbons (Fsp3) is 0.333. The van der Waals surface area contributed by atoms with Crippen LogP contribution in [-0.4, -0.2) is 24.2 Å². The Morgan fingerprint density at radius 1 is 1.25 bits per heavy atom. The van der Waals surface area contributed by atoms with Gasteiger partial charge in [0.25, 0.3) is 5.91 Å². The number of hydrogen-bond acceptors (Lipinski definition) is 4. The molecule has 2 N–H and O–H groups in total. The van der Waals surface area contributed by atoms with Crippen LogP contribution in [-0.2, 0) is 4.79 Å². The lowest BCUT2D eigenvalue weighted by molar-refractivity contribution is -0.189. The number of primary amides is 1. The van der Waals surface area contributed by atoms with Crippen molar-refractivity contribution < 1.29 is 32.2 Å². The number of benzene rings is 1. The molecule has 0 aliphatic heterocycles. The predicted octanol–water partition coefficient (Wildman–Crippen LogP) is 2.04. The number of alkyl halides is 3. The summed E-state index contributed by atoms with van der Waals surface area (Å²) in [5, 5.41) is 0. The van der Waals surface area contributed by atoms with E-state index in [1.54, 1.807) is 13.8 Å². The zero-order valence-electron chi connectivity index (χ0n) is 10.7. The molecule has 5 nitrogen and oxygen atoms in total. The maximum atomic E-state index is 12.2. The van der Waals surface area contributed by atoms with E-state index in [1.165, 1.54) is 6.07 Å². The summed E-state index contributed by atoms with van der Waals surface area (Å²) in [5.41, 5.74) is 4.65. The zero-order valence-corrected chi connectivity index (χ0v) is 10.7. The number of carbonyl (C=O) groups is 2. The molecule has 0 saturated heterocycles. The van der Waals surface area contributed by atoms with Gasteiger partial charge in [-0.2, -0.15) is 13.2 Å². The summed E-state index contributed by atoms with van der Waals surface area (Å²) in [6.45, 7) is 3.40. The molecular formula is C12H12F3NO4. The maximum absolute atomic E-state index is 12.2. The van der Waals surface area contributed by atoms with Crippen LogP contribution in [0.5, 0.6) is 11.5 Å². The minimum Gasteiger partial charge on any atom is -0.491 e. The number of carbonyl (C=O) groups excluding carboxylic acids is 2. The molecule has 0 bridgehead atoms. The largest absolute Gasteiger partial charge is 0.491 e. The molecule has 0 atom stereocenters. The van der Waals surface area contributed by atoms with Gasteiger partial charge in [0.2, 0.25) is 0 Å². The molecular weight excluding hydrogens is 279 g/mol. The average molecular weight is 291 g/mol. The lowest BCUT2D eigenvalue weighted by Crippen LogP contribution is -2.29. The van der Waals surface area contributed by atoms with Gasteiger partial charge in [-0.05, 0) is 26.0 Å². The van der Waals surface area contributed by atoms with Gasteiger partial charge in [-0.25, -0.2) is 4.79 Å². The minimum absolute atomic E-state index is 0.148. The second-order valence-corrected chi connectivity index (χ2v) is 4.08. The highest BCUT2D eigenvalue weighted by atomic mass is 19.4. The van der Waals surface area contributed by atoms with Crippen molar-refractivity contribution in [3.05, 3.63) is 23.8 Å². The van der Waals surface area contributed by atoms with E-state index in [0.717, 1.165) is 12.1 Å². The topological polar surface area (TPSA) is 78.6 Å². The Kier molecular flexibility index (Phi) is 4.59. The molecule has 1 rings (SSSR count). The van der Waals surface area contributed by atoms with Gasteiger partial charge in [0.1, 0.15) is 11.5 Å². The van der Waals surface area contributed by atoms with Crippen LogP contribution < -0.4 is 15.2 Å². The third-order valence-corrected chi connectivity index (χ3v) is 2.02. The molecule has 1 amide bonds. The van der Waals surface area contributed by atoms with Crippen LogP contribution in [0.15, 0.2) is 18.2 Å². The predicted molar refractivity (Wildman–Crippen MR) is 62.4 cm³/mol. The highest BCUT2D eigenvalue weighted by Gasteiger charge is 2.41. The molecule has 0 saturated carbocycles. The summed E-state index contributed by atoms with van der Waals surface area (Å²) in [6.07, 6.45) is -5.43. The van der Waals surface area contributed by atoms with Gasteiger partial charge < -0.3 is 15.2 Å². The standard InChI is InChI=1S/C12H12F3NO4/c1-6(2)19-7-3-4-8(10(16)17)9(5-7)20-11(18)12(13,14)15/h3-6H,1-2H3,(H2,16,17). The molecule has 0 radical (unpaired) electrons. The highest BCUT2D eigenvalue weighted by Crippen LogP contribution is 2.28. The maximum Gasteiger partial charge on any atom is 0.491 e. The Hall–Kier alpha value is -2.25. The summed E-state index contributed by atoms with van der Waals surface area (Å²) in [5.74, 6) is -3.92. The molecule has 8 heteroatoms. The molecule has 0 fully saturated rings. The number of nitrogens with two attached hydrogens (primary N) is 1. The first-order valence-corrected chi connectivity index (χ1v) is 5.50. The molecule has 20 heavy (non-hydrogen) atoms. The van der Waals surface area contributed by atoms with Gasteiger partial charge >= 0.3 is 12.1 Å². The van der Waals surface area contributed by atoms with Gasteiger partial charge in [0, 0.05) is 6.07 Å². The second-order valence-electron chi connectivity index (χ2n) is 4.08. The normalized spacial score (nSPS) is 11.3. The number of amides is 1. The Bertz CT molecular complexity index is 526. The Morgan fingerprint density at radius 3 is 2.30 bits per heavy atom. The van der Waals surface area contributed by atoms with Crippen LogP contribution in [0.25, 0.3) is 0 Å². The molecule has 0 aromatic heterocycles. The monoisotopic (exact) mass is 291 g/mol. The molecule has 0 spiro atoms. The molecule has 0 aliphatic rings. The lowest BCUT2D eigenvalue weighted by Gasteiger charge is -2.13. The molecule has 0 aliphatic carbocycles. The fourth-order valence-electron chi connectivity index (χ4n) is 1.29. The van der Waals surface area contributed by atoms with Crippen molar-refractivity contribution in [3.8, 4) is 11.5 Å². The van der Waals surface area contributed by atoms with Crippen molar-refractivity contribution in [1.29, 1.82) is 0 Å². The van der Waals surface area contributed by atoms with Gasteiger partial charge in [0.05, 0.1) is 11.7 Å². The van der Waals surface area contributed by atoms with Crippen LogP contribution in [0.4, 0.5) is 13.2 Å². The van der Waals surface area contributed by atoms with Crippen molar-refractivity contribution >= 4 is 11.9 Å². The van der Waals surface area contributed by atoms with Gasteiger partial charge in [-0.3, -0.25) is 4.79 Å². The fourth-order valence-corrected chi connectivity index (χ4v) is 1.29. The SMILES string of the molecule is CC(C)Oc1ccc(C(N)=O)c(OC(=O)C(F)(F)F)c1. The lowest BCUT2D eigenvalue weighted by atomic mass is 10.2. The van der Waals surface area contributed by atoms with Crippen LogP contribution >= 0.6 is 0 Å². The number of esters is 1. The van der Waals surface area contributed by atoms with Crippen LogP contribution in [0.3, 0.4) is 0 Å². The van der Waals surface area contributed by atoms with Crippen molar-refractivity contribution in [2.24, 2.45) is 5.73 Å². The molecule has 110 valence electrons. The Labute approximate surface area is 112 Å². The summed E-state index contributed by atoms with van der Waals surface area (Å²) >= 11 is 0. The van der Waals surface area contributed by atoms with Crippen LogP contribution in [0.2, 0.25) is 0 Å². The number of hydrogen-bond donors (Lipinski definition) is 1. The minimum atomic E-state index is -5.18. The second kappa shape index (κ2) is 5.81. The smallest absolute Gasteiger partial charge is 0.491 e. The van der Waals surface area contributed by atoms with Gasteiger partial charge in [-0.15, -0.1) is 0 Å². The first-order chi connectivity index (χ1) is 9.11. The van der Waals surface area contributed by atoms with Gasteiger partial charge in [-0.1, -0.05) is 0 Å². The number of ether oxygens (including phenoxy) is 2. The summed E-state index contributed by atoms with van der Waals surface area (Å²) in [7, 11) is 0. The number of halogens is 3. The van der Waals surface area contributed by atoms with E-state index < -0.39 is 23.8 Å². The van der Waals surface area contributed by atoms with Gasteiger partial charge in [0.15, 0.2) is 0 Å². The van der Waals surface area contributed by atoms with Crippen molar-refractivity contribution in [2.75, 3.05) is 0 Å². The third-order valence-electron chi connectivity index (χ3n) is 2.02. The molecule has 1 aromatic rings. The van der Waals surface area contributed by atoms with Crippen molar-refractivity contribution in [3.63, 3.8) is 0 Å². The van der Waals surface area contributed by atoms with Crippen molar-refractivity contribution in [2.45, 2.75) is 26.1 Å². The van der Waals surface area contributed by atoms with E-state index in [-0.39, 0.29) is 17.4 Å². The molecule has 0 heterocycles. The zero-order chi connectivity index (χ0) is 15.5. The molecule has 0 unspecified atom stereocenters. The van der Waals surface area contributed by atoms with E-state index in [4.69, 9.17) is 10.5 Å². The summed E-state index contributed by atoms with van der Waals surface area (Å²) < 4.78 is 45.8. The Balaban J connectivity index is 3.12. The summed E-state index contributed by atoms with van der Waals surface area (Å²) in [4.78, 5) is 21.9. The quantitative estimate of drug-likeness (QED) is 0.680. The average Bonchev–Trinajstić information content (AvgIpc) is 2.26. The van der Waals surface area contributed by atoms with E-state index >= 15 is 0 Å². The van der Waals surface area contributed by atoms with E-state index in [9.17, 15) is 22.8 Å². The van der Waals surface area contributed by atoms with E-state index in [2.05, 4.69) is 4.74 Å². The first-order valence-electron chi connectivity index (χ1n) is 5.50. The van der Waals surface area contributed by atoms with E-state index in [1.807, 2.05) is 0 Å². The number of rotatable bonds is 4. The summed E-state index contributed by atoms with van der Waals surface area (Å²) in [6, 6.07) is 3.47. The Morgan fingerprint density at radius 2 is 1.85 bits per heavy atom. The van der Waals surface area contributed by atoms with Crippen LogP contribution in [0, 0.1) is 0 Å². The highest BCUT2D eigenvalue weighted by molar-refractivity contribution is 5.96. The van der Waals surface area contributed by atoms with E-state index in [0.29, 0.717) is 0 Å². The molecule has 1 aromatic carbocycles. The van der Waals surface area contributed by atoms with Crippen molar-refractivity contribution in [1.82, 2.24) is 0 Å². The first kappa shape index (κ1) is 15.8. The van der Waals surface area contributed by atoms with Crippen LogP contribution in [0.1, 0.15) is 24.2 Å². The third kappa shape index (κ3) is 4.15.